The van der Waals surface area contributed by atoms with Gasteiger partial charge in [-0.25, -0.2) is 9.38 Å². The van der Waals surface area contributed by atoms with Gasteiger partial charge in [-0.15, -0.1) is 0 Å². The van der Waals surface area contributed by atoms with E-state index < -0.39 is 5.82 Å². The average molecular weight is 466 g/mol. The minimum absolute atomic E-state index is 0.0858. The van der Waals surface area contributed by atoms with Crippen LogP contribution in [0.3, 0.4) is 0 Å². The molecule has 1 saturated carbocycles. The van der Waals surface area contributed by atoms with E-state index in [2.05, 4.69) is 29.5 Å². The highest BCUT2D eigenvalue weighted by Gasteiger charge is 2.33. The van der Waals surface area contributed by atoms with Gasteiger partial charge < -0.3 is 25.7 Å². The molecule has 3 N–H and O–H groups in total. The molecule has 4 aliphatic rings. The van der Waals surface area contributed by atoms with E-state index in [0.29, 0.717) is 40.7 Å². The Morgan fingerprint density at radius 3 is 2.82 bits per heavy atom. The number of carbonyl (C=O) groups excluding carboxylic acids is 1. The number of piperidine rings is 1. The molecule has 8 heteroatoms. The summed E-state index contributed by atoms with van der Waals surface area (Å²) in [4.78, 5) is 19.6. The Hall–Kier alpha value is -3.00. The van der Waals surface area contributed by atoms with Crippen LogP contribution in [0.4, 0.5) is 4.39 Å². The number of nitrogens with one attached hydrogen (secondary N) is 3. The molecule has 0 bridgehead atoms. The van der Waals surface area contributed by atoms with Gasteiger partial charge in [0, 0.05) is 36.1 Å². The number of ether oxygens (including phenoxy) is 1. The normalized spacial score (nSPS) is 29.1. The molecule has 0 spiro atoms. The molecule has 5 rings (SSSR count). The summed E-state index contributed by atoms with van der Waals surface area (Å²) >= 11 is 0. The van der Waals surface area contributed by atoms with Crippen molar-refractivity contribution in [3.8, 4) is 5.75 Å². The summed E-state index contributed by atoms with van der Waals surface area (Å²) in [5, 5.41) is 15.2. The van der Waals surface area contributed by atoms with Crippen molar-refractivity contribution in [2.24, 2.45) is 10.9 Å². The van der Waals surface area contributed by atoms with Crippen LogP contribution in [0.5, 0.6) is 5.75 Å². The van der Waals surface area contributed by atoms with E-state index in [9.17, 15) is 9.18 Å². The van der Waals surface area contributed by atoms with E-state index in [1.54, 1.807) is 4.90 Å². The molecule has 180 valence electrons. The highest BCUT2D eigenvalue weighted by molar-refractivity contribution is 6.08. The molecule has 3 atom stereocenters. The molecule has 0 radical (unpaired) electrons. The Morgan fingerprint density at radius 1 is 1.29 bits per heavy atom. The van der Waals surface area contributed by atoms with Gasteiger partial charge in [-0.3, -0.25) is 4.79 Å². The zero-order chi connectivity index (χ0) is 23.8. The molecule has 1 aromatic rings. The molecule has 3 unspecified atom stereocenters. The van der Waals surface area contributed by atoms with Gasteiger partial charge in [0.05, 0.1) is 24.4 Å². The van der Waals surface area contributed by atoms with Crippen molar-refractivity contribution in [1.82, 2.24) is 15.5 Å². The fourth-order valence-electron chi connectivity index (χ4n) is 5.01. The second kappa shape index (κ2) is 9.33. The lowest BCUT2D eigenvalue weighted by molar-refractivity contribution is 0.0786. The van der Waals surface area contributed by atoms with Gasteiger partial charge in [0.2, 0.25) is 0 Å². The zero-order valence-electron chi connectivity index (χ0n) is 19.7. The minimum atomic E-state index is -0.434. The largest absolute Gasteiger partial charge is 0.489 e. The molecule has 1 amide bonds. The van der Waals surface area contributed by atoms with Gasteiger partial charge in [0.15, 0.2) is 0 Å². The van der Waals surface area contributed by atoms with Crippen LogP contribution in [-0.4, -0.2) is 54.0 Å². The Balaban J connectivity index is 1.32. The number of rotatable bonds is 5. The average Bonchev–Trinajstić information content (AvgIpc) is 3.60. The number of likely N-dealkylation sites (tertiary alicyclic amines) is 1. The van der Waals surface area contributed by atoms with Crippen molar-refractivity contribution in [3.63, 3.8) is 0 Å². The summed E-state index contributed by atoms with van der Waals surface area (Å²) in [5.41, 5.74) is 2.58. The third kappa shape index (κ3) is 4.78. The summed E-state index contributed by atoms with van der Waals surface area (Å²) in [6.45, 7) is 4.72. The Kier molecular flexibility index (Phi) is 6.25. The topological polar surface area (TPSA) is 89.8 Å². The van der Waals surface area contributed by atoms with Crippen molar-refractivity contribution in [3.05, 3.63) is 52.7 Å². The quantitative estimate of drug-likeness (QED) is 0.617. The summed E-state index contributed by atoms with van der Waals surface area (Å²) in [6, 6.07) is 4.72. The summed E-state index contributed by atoms with van der Waals surface area (Å²) in [5.74, 6) is 0.790. The summed E-state index contributed by atoms with van der Waals surface area (Å²) in [7, 11) is 0. The Bertz CT molecular complexity index is 1090. The Morgan fingerprint density at radius 2 is 2.12 bits per heavy atom. The maximum Gasteiger partial charge on any atom is 0.258 e. The van der Waals surface area contributed by atoms with Crippen molar-refractivity contribution >= 4 is 17.8 Å². The maximum atomic E-state index is 14.1. The van der Waals surface area contributed by atoms with Crippen LogP contribution in [0.15, 0.2) is 46.4 Å². The van der Waals surface area contributed by atoms with Crippen LogP contribution >= 0.6 is 0 Å². The van der Waals surface area contributed by atoms with Crippen molar-refractivity contribution in [2.75, 3.05) is 13.1 Å². The molecule has 7 nitrogen and oxygen atoms in total. The summed E-state index contributed by atoms with van der Waals surface area (Å²) < 4.78 is 20.4. The first-order valence-corrected chi connectivity index (χ1v) is 12.2. The van der Waals surface area contributed by atoms with E-state index in [0.717, 1.165) is 19.3 Å². The van der Waals surface area contributed by atoms with E-state index in [1.807, 2.05) is 12.4 Å². The number of allylic oxidation sites excluding steroid dienone is 1. The van der Waals surface area contributed by atoms with Crippen molar-refractivity contribution in [1.29, 1.82) is 5.41 Å². The molecule has 0 aromatic heterocycles. The predicted octanol–water partition coefficient (Wildman–Crippen LogP) is 3.78. The van der Waals surface area contributed by atoms with Gasteiger partial charge in [-0.05, 0) is 62.7 Å². The van der Waals surface area contributed by atoms with Crippen LogP contribution in [0.25, 0.3) is 0 Å². The molecule has 2 saturated heterocycles. The van der Waals surface area contributed by atoms with Gasteiger partial charge in [-0.1, -0.05) is 6.92 Å². The number of nitrogens with zero attached hydrogens (tertiary/aromatic N) is 2. The highest BCUT2D eigenvalue weighted by Crippen LogP contribution is 2.36. The third-order valence-corrected chi connectivity index (χ3v) is 7.05. The number of aliphatic imine (C=N–C) groups is 1. The molecule has 1 aliphatic carbocycles. The molecule has 3 fully saturated rings. The molecule has 3 aliphatic heterocycles. The van der Waals surface area contributed by atoms with Crippen LogP contribution < -0.4 is 15.4 Å². The van der Waals surface area contributed by atoms with E-state index >= 15 is 0 Å². The number of benzene rings is 1. The standard InChI is InChI=1S/C26H32FN5O2/c1-3-19-10-20(8-15(2)31-19)34-24-9-18(27)6-7-21(24)26(33)32-13-22(23(28)14-32)25-29-11-17(12-30-25)16-4-5-16/h6-7,9,11-12,15-16,19-20,28-29,31H,3-5,8,10,13-14H2,1-2H3/b25-22+,28-23?. The summed E-state index contributed by atoms with van der Waals surface area (Å²) in [6.07, 6.45) is 8.73. The van der Waals surface area contributed by atoms with Crippen LogP contribution in [-0.2, 0) is 0 Å². The third-order valence-electron chi connectivity index (χ3n) is 7.05. The lowest BCUT2D eigenvalue weighted by atomic mass is 9.95. The minimum Gasteiger partial charge on any atom is -0.489 e. The van der Waals surface area contributed by atoms with E-state index in [4.69, 9.17) is 10.1 Å². The number of hydrogen-bond donors (Lipinski definition) is 3. The zero-order valence-corrected chi connectivity index (χ0v) is 19.7. The fourth-order valence-corrected chi connectivity index (χ4v) is 5.01. The second-order valence-electron chi connectivity index (χ2n) is 9.81. The number of hydrogen-bond acceptors (Lipinski definition) is 6. The molecule has 3 heterocycles. The van der Waals surface area contributed by atoms with E-state index in [-0.39, 0.29) is 30.9 Å². The van der Waals surface area contributed by atoms with Gasteiger partial charge in [-0.2, -0.15) is 0 Å². The lowest BCUT2D eigenvalue weighted by Gasteiger charge is -2.34. The van der Waals surface area contributed by atoms with E-state index in [1.165, 1.54) is 36.6 Å². The fraction of sp³-hybridized carbons (Fsp3) is 0.500. The molecular formula is C26H32FN5O2. The maximum absolute atomic E-state index is 14.1. The van der Waals surface area contributed by atoms with Crippen LogP contribution in [0, 0.1) is 17.1 Å². The molecule has 34 heavy (non-hydrogen) atoms. The second-order valence-corrected chi connectivity index (χ2v) is 9.81. The Labute approximate surface area is 199 Å². The van der Waals surface area contributed by atoms with Crippen molar-refractivity contribution in [2.45, 2.75) is 64.1 Å². The lowest BCUT2D eigenvalue weighted by Crippen LogP contribution is -2.47. The number of amides is 1. The monoisotopic (exact) mass is 465 g/mol. The smallest absolute Gasteiger partial charge is 0.258 e. The van der Waals surface area contributed by atoms with Gasteiger partial charge >= 0.3 is 0 Å². The van der Waals surface area contributed by atoms with Gasteiger partial charge in [0.1, 0.15) is 23.5 Å². The highest BCUT2D eigenvalue weighted by atomic mass is 19.1. The van der Waals surface area contributed by atoms with Gasteiger partial charge in [0.25, 0.3) is 5.91 Å². The first-order valence-electron chi connectivity index (χ1n) is 12.2. The van der Waals surface area contributed by atoms with Crippen molar-refractivity contribution < 1.29 is 13.9 Å². The predicted molar refractivity (Wildman–Crippen MR) is 130 cm³/mol. The van der Waals surface area contributed by atoms with Crippen LogP contribution in [0.1, 0.15) is 56.3 Å². The number of carbonyl (C=O) groups is 1. The molecule has 1 aromatic carbocycles. The molecular weight excluding hydrogens is 433 g/mol. The first-order chi connectivity index (χ1) is 16.4. The van der Waals surface area contributed by atoms with Crippen LogP contribution in [0.2, 0.25) is 0 Å². The number of halogens is 1. The SMILES string of the molecule is CCC1CC(Oc2cc(F)ccc2C(=O)N2CC(=N)/C(=C3/N=CC(C4CC4)=CN3)C2)CC(C)N1. The first kappa shape index (κ1) is 22.8.